The van der Waals surface area contributed by atoms with Crippen LogP contribution in [0, 0.1) is 0 Å². The number of carbonyl (C=O) groups is 1. The highest BCUT2D eigenvalue weighted by molar-refractivity contribution is 8.00. The molecule has 0 aliphatic carbocycles. The molecule has 0 radical (unpaired) electrons. The molecule has 146 valence electrons. The smallest absolute Gasteiger partial charge is 0.335 e. The van der Waals surface area contributed by atoms with Gasteiger partial charge in [0.25, 0.3) is 0 Å². The predicted molar refractivity (Wildman–Crippen MR) is 96.4 cm³/mol. The van der Waals surface area contributed by atoms with Crippen LogP contribution in [0.25, 0.3) is 0 Å². The van der Waals surface area contributed by atoms with E-state index in [9.17, 15) is 18.3 Å². The van der Waals surface area contributed by atoms with Crippen LogP contribution < -0.4 is 0 Å². The lowest BCUT2D eigenvalue weighted by atomic mass is 10.2. The standard InChI is InChI=1S/C16H23NO7S2/c1-22-8-9-24-10-11-25-14-3-2-13(16(18)19)12-15(14)26(20,21)17-4-6-23-7-5-17/h2-3,12H,4-11H2,1H3,(H,18,19). The predicted octanol–water partition coefficient (Wildman–Crippen LogP) is 1.16. The molecule has 1 heterocycles. The summed E-state index contributed by atoms with van der Waals surface area (Å²) in [6.07, 6.45) is 0. The molecule has 1 saturated heterocycles. The summed E-state index contributed by atoms with van der Waals surface area (Å²) in [7, 11) is -2.20. The van der Waals surface area contributed by atoms with Gasteiger partial charge in [-0.1, -0.05) is 0 Å². The Morgan fingerprint density at radius 3 is 2.65 bits per heavy atom. The number of morpholine rings is 1. The topological polar surface area (TPSA) is 102 Å². The summed E-state index contributed by atoms with van der Waals surface area (Å²) in [6, 6.07) is 4.17. The molecule has 1 aromatic carbocycles. The lowest BCUT2D eigenvalue weighted by molar-refractivity contribution is 0.0695. The molecule has 8 nitrogen and oxygen atoms in total. The number of hydrogen-bond donors (Lipinski definition) is 1. The molecule has 1 N–H and O–H groups in total. The number of rotatable bonds is 10. The number of sulfonamides is 1. The summed E-state index contributed by atoms with van der Waals surface area (Å²) in [5.41, 5.74) is -0.0578. The van der Waals surface area contributed by atoms with E-state index in [1.165, 1.54) is 34.3 Å². The number of thioether (sulfide) groups is 1. The largest absolute Gasteiger partial charge is 0.478 e. The van der Waals surface area contributed by atoms with Crippen LogP contribution in [0.1, 0.15) is 10.4 Å². The van der Waals surface area contributed by atoms with Crippen LogP contribution in [0.5, 0.6) is 0 Å². The maximum Gasteiger partial charge on any atom is 0.335 e. The first-order valence-corrected chi connectivity index (χ1v) is 10.5. The van der Waals surface area contributed by atoms with Gasteiger partial charge in [-0.2, -0.15) is 4.31 Å². The van der Waals surface area contributed by atoms with Crippen LogP contribution in [0.2, 0.25) is 0 Å². The Balaban J connectivity index is 2.17. The lowest BCUT2D eigenvalue weighted by Crippen LogP contribution is -2.40. The van der Waals surface area contributed by atoms with E-state index < -0.39 is 16.0 Å². The van der Waals surface area contributed by atoms with Gasteiger partial charge in [0.1, 0.15) is 0 Å². The number of aromatic carboxylic acids is 1. The highest BCUT2D eigenvalue weighted by Gasteiger charge is 2.29. The first kappa shape index (κ1) is 21.1. The van der Waals surface area contributed by atoms with Gasteiger partial charge in [0.05, 0.1) is 43.5 Å². The van der Waals surface area contributed by atoms with E-state index in [4.69, 9.17) is 14.2 Å². The van der Waals surface area contributed by atoms with Crippen molar-refractivity contribution in [1.82, 2.24) is 4.31 Å². The van der Waals surface area contributed by atoms with Crippen molar-refractivity contribution in [3.05, 3.63) is 23.8 Å². The third kappa shape index (κ3) is 5.66. The number of carboxylic acid groups (broad SMARTS) is 1. The number of nitrogens with zero attached hydrogens (tertiary/aromatic N) is 1. The minimum atomic E-state index is -3.79. The van der Waals surface area contributed by atoms with Crippen LogP contribution in [-0.2, 0) is 24.2 Å². The zero-order valence-electron chi connectivity index (χ0n) is 14.5. The Bertz CT molecular complexity index is 703. The van der Waals surface area contributed by atoms with Gasteiger partial charge in [-0.3, -0.25) is 0 Å². The summed E-state index contributed by atoms with van der Waals surface area (Å²) >= 11 is 1.32. The Hall–Kier alpha value is -1.17. The van der Waals surface area contributed by atoms with Crippen LogP contribution >= 0.6 is 11.8 Å². The van der Waals surface area contributed by atoms with E-state index in [-0.39, 0.29) is 23.5 Å². The van der Waals surface area contributed by atoms with Crippen molar-refractivity contribution < 1.29 is 32.5 Å². The van der Waals surface area contributed by atoms with Crippen LogP contribution in [-0.4, -0.2) is 82.8 Å². The Kier molecular flexibility index (Phi) is 8.32. The highest BCUT2D eigenvalue weighted by Crippen LogP contribution is 2.30. The van der Waals surface area contributed by atoms with E-state index in [1.807, 2.05) is 0 Å². The number of ether oxygens (including phenoxy) is 3. The summed E-state index contributed by atoms with van der Waals surface area (Å²) in [4.78, 5) is 11.8. The van der Waals surface area contributed by atoms with Crippen molar-refractivity contribution in [2.45, 2.75) is 9.79 Å². The summed E-state index contributed by atoms with van der Waals surface area (Å²) in [5, 5.41) is 9.21. The fourth-order valence-corrected chi connectivity index (χ4v) is 5.13. The van der Waals surface area contributed by atoms with Crippen LogP contribution in [0.15, 0.2) is 28.0 Å². The molecule has 10 heteroatoms. The second-order valence-corrected chi connectivity index (χ2v) is 8.48. The maximum atomic E-state index is 13.0. The summed E-state index contributed by atoms with van der Waals surface area (Å²) in [5.74, 6) is -0.621. The van der Waals surface area contributed by atoms with Crippen molar-refractivity contribution >= 4 is 27.8 Å². The SMILES string of the molecule is COCCOCCSc1ccc(C(=O)O)cc1S(=O)(=O)N1CCOCC1. The van der Waals surface area contributed by atoms with Crippen LogP contribution in [0.3, 0.4) is 0 Å². The van der Waals surface area contributed by atoms with Crippen LogP contribution in [0.4, 0.5) is 0 Å². The normalized spacial score (nSPS) is 15.9. The molecule has 1 aliphatic rings. The summed E-state index contributed by atoms with van der Waals surface area (Å²) in [6.45, 7) is 2.56. The molecule has 0 spiro atoms. The molecule has 1 aromatic rings. The molecule has 0 aromatic heterocycles. The molecule has 26 heavy (non-hydrogen) atoms. The molecular formula is C16H23NO7S2. The Labute approximate surface area is 157 Å². The lowest BCUT2D eigenvalue weighted by Gasteiger charge is -2.27. The minimum absolute atomic E-state index is 0.0150. The number of methoxy groups -OCH3 is 1. The molecule has 1 aliphatic heterocycles. The average molecular weight is 405 g/mol. The molecule has 0 unspecified atom stereocenters. The van der Waals surface area contributed by atoms with E-state index in [1.54, 1.807) is 7.11 Å². The molecule has 0 saturated carbocycles. The van der Waals surface area contributed by atoms with Crippen molar-refractivity contribution in [3.8, 4) is 0 Å². The maximum absolute atomic E-state index is 13.0. The average Bonchev–Trinajstić information content (AvgIpc) is 2.65. The molecule has 0 atom stereocenters. The zero-order valence-corrected chi connectivity index (χ0v) is 16.2. The fraction of sp³-hybridized carbons (Fsp3) is 0.562. The van der Waals surface area contributed by atoms with Gasteiger partial charge in [-0.25, -0.2) is 13.2 Å². The highest BCUT2D eigenvalue weighted by atomic mass is 32.2. The van der Waals surface area contributed by atoms with Gasteiger partial charge >= 0.3 is 5.97 Å². The monoisotopic (exact) mass is 405 g/mol. The Morgan fingerprint density at radius 2 is 2.00 bits per heavy atom. The second kappa shape index (κ2) is 10.2. The van der Waals surface area contributed by atoms with Gasteiger partial charge in [0.2, 0.25) is 10.0 Å². The first-order valence-electron chi connectivity index (χ1n) is 8.11. The first-order chi connectivity index (χ1) is 12.5. The zero-order chi connectivity index (χ0) is 19.0. The third-order valence-electron chi connectivity index (χ3n) is 3.70. The van der Waals surface area contributed by atoms with Gasteiger partial charge < -0.3 is 19.3 Å². The molecule has 0 amide bonds. The Morgan fingerprint density at radius 1 is 1.27 bits per heavy atom. The van der Waals surface area contributed by atoms with Crippen molar-refractivity contribution in [1.29, 1.82) is 0 Å². The molecule has 1 fully saturated rings. The van der Waals surface area contributed by atoms with Gasteiger partial charge in [0, 0.05) is 30.8 Å². The van der Waals surface area contributed by atoms with Gasteiger partial charge in [-0.15, -0.1) is 11.8 Å². The van der Waals surface area contributed by atoms with E-state index in [0.29, 0.717) is 43.7 Å². The summed E-state index contributed by atoms with van der Waals surface area (Å²) < 4.78 is 42.8. The number of hydrogen-bond acceptors (Lipinski definition) is 7. The number of carboxylic acids is 1. The molecule has 2 rings (SSSR count). The molecular weight excluding hydrogens is 382 g/mol. The fourth-order valence-electron chi connectivity index (χ4n) is 2.34. The minimum Gasteiger partial charge on any atom is -0.478 e. The van der Waals surface area contributed by atoms with E-state index in [2.05, 4.69) is 0 Å². The van der Waals surface area contributed by atoms with E-state index in [0.717, 1.165) is 0 Å². The van der Waals surface area contributed by atoms with E-state index >= 15 is 0 Å². The quantitative estimate of drug-likeness (QED) is 0.457. The number of benzene rings is 1. The van der Waals surface area contributed by atoms with Gasteiger partial charge in [-0.05, 0) is 18.2 Å². The van der Waals surface area contributed by atoms with Crippen molar-refractivity contribution in [2.75, 3.05) is 59.0 Å². The van der Waals surface area contributed by atoms with Crippen molar-refractivity contribution in [2.24, 2.45) is 0 Å². The molecule has 0 bridgehead atoms. The third-order valence-corrected chi connectivity index (χ3v) is 6.80. The van der Waals surface area contributed by atoms with Gasteiger partial charge in [0.15, 0.2) is 0 Å². The van der Waals surface area contributed by atoms with Crippen molar-refractivity contribution in [3.63, 3.8) is 0 Å². The second-order valence-electron chi connectivity index (χ2n) is 5.44.